The molecule has 4 aromatic rings. The van der Waals surface area contributed by atoms with E-state index in [0.29, 0.717) is 17.0 Å². The van der Waals surface area contributed by atoms with E-state index in [0.717, 1.165) is 21.5 Å². The lowest BCUT2D eigenvalue weighted by molar-refractivity contribution is 0.0736. The number of carbonyl (C=O) groups is 1. The van der Waals surface area contributed by atoms with Crippen LogP contribution in [0.4, 0.5) is 5.69 Å². The van der Waals surface area contributed by atoms with Crippen molar-refractivity contribution in [2.45, 2.75) is 0 Å². The second kappa shape index (κ2) is 5.70. The van der Waals surface area contributed by atoms with Gasteiger partial charge in [-0.05, 0) is 45.8 Å². The molecule has 0 heterocycles. The first kappa shape index (κ1) is 14.3. The van der Waals surface area contributed by atoms with Gasteiger partial charge in [0.1, 0.15) is 5.75 Å². The first-order valence-electron chi connectivity index (χ1n) is 7.70. The van der Waals surface area contributed by atoms with Crippen molar-refractivity contribution in [3.63, 3.8) is 0 Å². The van der Waals surface area contributed by atoms with Crippen molar-refractivity contribution >= 4 is 33.2 Å². The summed E-state index contributed by atoms with van der Waals surface area (Å²) >= 11 is 0. The second-order valence-electron chi connectivity index (χ2n) is 5.65. The number of nitrogens with two attached hydrogens (primary N) is 1. The van der Waals surface area contributed by atoms with Crippen LogP contribution in [0.2, 0.25) is 0 Å². The van der Waals surface area contributed by atoms with Crippen molar-refractivity contribution in [2.75, 3.05) is 5.73 Å². The number of fused-ring (bicyclic) bond motifs is 3. The average Bonchev–Trinajstić information content (AvgIpc) is 2.62. The molecule has 0 aliphatic heterocycles. The molecule has 0 fully saturated rings. The normalized spacial score (nSPS) is 10.8. The smallest absolute Gasteiger partial charge is 0.345 e. The predicted octanol–water partition coefficient (Wildman–Crippen LogP) is 4.79. The molecule has 0 atom stereocenters. The van der Waals surface area contributed by atoms with Crippen LogP contribution >= 0.6 is 0 Å². The summed E-state index contributed by atoms with van der Waals surface area (Å²) in [6, 6.07) is 24.9. The molecule has 24 heavy (non-hydrogen) atoms. The highest BCUT2D eigenvalue weighted by Gasteiger charge is 2.12. The molecule has 0 saturated carbocycles. The van der Waals surface area contributed by atoms with E-state index >= 15 is 0 Å². The Kier molecular flexibility index (Phi) is 3.39. The maximum absolute atomic E-state index is 12.3. The number of nitrogen functional groups attached to an aromatic ring is 1. The van der Waals surface area contributed by atoms with Crippen LogP contribution in [0.5, 0.6) is 5.75 Å². The molecule has 0 aromatic heterocycles. The second-order valence-corrected chi connectivity index (χ2v) is 5.65. The third kappa shape index (κ3) is 2.46. The van der Waals surface area contributed by atoms with Crippen LogP contribution in [0, 0.1) is 0 Å². The van der Waals surface area contributed by atoms with Gasteiger partial charge in [-0.2, -0.15) is 0 Å². The Balaban J connectivity index is 1.76. The molecule has 0 aliphatic rings. The molecule has 0 amide bonds. The van der Waals surface area contributed by atoms with Crippen LogP contribution < -0.4 is 10.5 Å². The molecule has 3 heteroatoms. The van der Waals surface area contributed by atoms with E-state index in [1.54, 1.807) is 30.3 Å². The maximum Gasteiger partial charge on any atom is 0.345 e. The third-order valence-corrected chi connectivity index (χ3v) is 4.11. The van der Waals surface area contributed by atoms with Gasteiger partial charge in [-0.15, -0.1) is 0 Å². The van der Waals surface area contributed by atoms with Gasteiger partial charge in [0.2, 0.25) is 0 Å². The van der Waals surface area contributed by atoms with E-state index in [2.05, 4.69) is 24.3 Å². The van der Waals surface area contributed by atoms with Gasteiger partial charge in [0, 0.05) is 5.69 Å². The van der Waals surface area contributed by atoms with Gasteiger partial charge in [-0.3, -0.25) is 0 Å². The van der Waals surface area contributed by atoms with Crippen molar-refractivity contribution in [1.29, 1.82) is 0 Å². The summed E-state index contributed by atoms with van der Waals surface area (Å²) in [7, 11) is 0. The average molecular weight is 313 g/mol. The Bertz CT molecular complexity index is 1070. The largest absolute Gasteiger partial charge is 0.423 e. The SMILES string of the molecule is Nc1ccccc1C(=O)Oc1ccc2ccc3ccccc3c2c1. The van der Waals surface area contributed by atoms with Gasteiger partial charge in [-0.1, -0.05) is 54.6 Å². The lowest BCUT2D eigenvalue weighted by Gasteiger charge is -2.09. The molecular weight excluding hydrogens is 298 g/mol. The number of esters is 1. The molecule has 0 saturated heterocycles. The van der Waals surface area contributed by atoms with Gasteiger partial charge in [0.25, 0.3) is 0 Å². The van der Waals surface area contributed by atoms with Crippen molar-refractivity contribution < 1.29 is 9.53 Å². The minimum atomic E-state index is -0.451. The summed E-state index contributed by atoms with van der Waals surface area (Å²) in [5, 5.41) is 4.44. The summed E-state index contributed by atoms with van der Waals surface area (Å²) in [6.45, 7) is 0. The summed E-state index contributed by atoms with van der Waals surface area (Å²) in [6.07, 6.45) is 0. The number of carbonyl (C=O) groups excluding carboxylic acids is 1. The third-order valence-electron chi connectivity index (χ3n) is 4.11. The van der Waals surface area contributed by atoms with E-state index in [9.17, 15) is 4.79 Å². The first-order valence-corrected chi connectivity index (χ1v) is 7.70. The summed E-state index contributed by atoms with van der Waals surface area (Å²) in [4.78, 5) is 12.3. The van der Waals surface area contributed by atoms with E-state index < -0.39 is 5.97 Å². The predicted molar refractivity (Wildman–Crippen MR) is 97.3 cm³/mol. The molecular formula is C21H15NO2. The standard InChI is InChI=1S/C21H15NO2/c22-20-8-4-3-7-18(20)21(23)24-16-12-11-15-10-9-14-5-1-2-6-17(14)19(15)13-16/h1-13H,22H2. The molecule has 0 unspecified atom stereocenters. The van der Waals surface area contributed by atoms with E-state index in [1.165, 1.54) is 0 Å². The Morgan fingerprint density at radius 3 is 2.25 bits per heavy atom. The summed E-state index contributed by atoms with van der Waals surface area (Å²) in [5.41, 5.74) is 6.62. The zero-order valence-electron chi connectivity index (χ0n) is 12.9. The number of hydrogen-bond donors (Lipinski definition) is 1. The highest BCUT2D eigenvalue weighted by molar-refractivity contribution is 6.08. The van der Waals surface area contributed by atoms with E-state index in [4.69, 9.17) is 10.5 Å². The minimum absolute atomic E-state index is 0.371. The molecule has 0 spiro atoms. The molecule has 4 rings (SSSR count). The molecule has 2 N–H and O–H groups in total. The lowest BCUT2D eigenvalue weighted by Crippen LogP contribution is -2.10. The highest BCUT2D eigenvalue weighted by Crippen LogP contribution is 2.29. The fraction of sp³-hybridized carbons (Fsp3) is 0. The maximum atomic E-state index is 12.3. The van der Waals surface area contributed by atoms with Crippen LogP contribution in [0.15, 0.2) is 78.9 Å². The summed E-state index contributed by atoms with van der Waals surface area (Å²) in [5.74, 6) is 0.0554. The highest BCUT2D eigenvalue weighted by atomic mass is 16.5. The number of ether oxygens (including phenoxy) is 1. The van der Waals surface area contributed by atoms with Gasteiger partial charge in [0.15, 0.2) is 0 Å². The number of para-hydroxylation sites is 1. The number of anilines is 1. The van der Waals surface area contributed by atoms with Crippen LogP contribution in [-0.4, -0.2) is 5.97 Å². The lowest BCUT2D eigenvalue weighted by atomic mass is 10.0. The topological polar surface area (TPSA) is 52.3 Å². The van der Waals surface area contributed by atoms with Crippen molar-refractivity contribution in [2.24, 2.45) is 0 Å². The molecule has 3 nitrogen and oxygen atoms in total. The molecule has 0 bridgehead atoms. The minimum Gasteiger partial charge on any atom is -0.423 e. The fourth-order valence-corrected chi connectivity index (χ4v) is 2.89. The zero-order chi connectivity index (χ0) is 16.5. The van der Waals surface area contributed by atoms with Crippen LogP contribution in [0.25, 0.3) is 21.5 Å². The number of hydrogen-bond acceptors (Lipinski definition) is 3. The van der Waals surface area contributed by atoms with Gasteiger partial charge < -0.3 is 10.5 Å². The van der Waals surface area contributed by atoms with Crippen LogP contribution in [-0.2, 0) is 0 Å². The number of benzene rings is 4. The zero-order valence-corrected chi connectivity index (χ0v) is 12.9. The quantitative estimate of drug-likeness (QED) is 0.250. The Morgan fingerprint density at radius 2 is 1.42 bits per heavy atom. The van der Waals surface area contributed by atoms with E-state index in [1.807, 2.05) is 24.3 Å². The summed E-state index contributed by atoms with van der Waals surface area (Å²) < 4.78 is 5.52. The van der Waals surface area contributed by atoms with Crippen molar-refractivity contribution in [3.05, 3.63) is 84.4 Å². The first-order chi connectivity index (χ1) is 11.7. The van der Waals surface area contributed by atoms with Crippen molar-refractivity contribution in [1.82, 2.24) is 0 Å². The molecule has 4 aromatic carbocycles. The Morgan fingerprint density at radius 1 is 0.750 bits per heavy atom. The van der Waals surface area contributed by atoms with Crippen LogP contribution in [0.3, 0.4) is 0 Å². The Hall–Kier alpha value is -3.33. The number of rotatable bonds is 2. The van der Waals surface area contributed by atoms with Gasteiger partial charge in [0.05, 0.1) is 5.56 Å². The molecule has 0 radical (unpaired) electrons. The van der Waals surface area contributed by atoms with Gasteiger partial charge >= 0.3 is 5.97 Å². The molecule has 0 aliphatic carbocycles. The monoisotopic (exact) mass is 313 g/mol. The van der Waals surface area contributed by atoms with Crippen molar-refractivity contribution in [3.8, 4) is 5.75 Å². The van der Waals surface area contributed by atoms with Crippen LogP contribution in [0.1, 0.15) is 10.4 Å². The molecule has 116 valence electrons. The van der Waals surface area contributed by atoms with E-state index in [-0.39, 0.29) is 0 Å². The fourth-order valence-electron chi connectivity index (χ4n) is 2.89. The Labute approximate surface area is 139 Å². The van der Waals surface area contributed by atoms with Gasteiger partial charge in [-0.25, -0.2) is 4.79 Å².